The van der Waals surface area contributed by atoms with E-state index in [1.54, 1.807) is 30.3 Å². The van der Waals surface area contributed by atoms with E-state index in [9.17, 15) is 18.0 Å². The average molecular weight is 276 g/mol. The number of aliphatic hydroxyl groups excluding tert-OH is 1. The molecule has 19 heavy (non-hydrogen) atoms. The number of nitrogens with zero attached hydrogens (tertiary/aromatic N) is 1. The third kappa shape index (κ3) is 5.71. The second kappa shape index (κ2) is 6.53. The smallest absolute Gasteiger partial charge is 0.382 e. The molecular weight excluding hydrogens is 261 g/mol. The maximum atomic E-state index is 12.1. The van der Waals surface area contributed by atoms with Crippen molar-refractivity contribution in [1.29, 1.82) is 0 Å². The van der Waals surface area contributed by atoms with Crippen molar-refractivity contribution >= 4 is 11.6 Å². The Kier molecular flexibility index (Phi) is 5.31. The van der Waals surface area contributed by atoms with Crippen LogP contribution >= 0.6 is 0 Å². The number of hydrogen-bond acceptors (Lipinski definition) is 3. The van der Waals surface area contributed by atoms with E-state index in [0.29, 0.717) is 5.69 Å². The molecule has 2 N–H and O–H groups in total. The monoisotopic (exact) mass is 276 g/mol. The van der Waals surface area contributed by atoms with E-state index in [1.165, 1.54) is 7.05 Å². The van der Waals surface area contributed by atoms with Gasteiger partial charge in [0.25, 0.3) is 0 Å². The first-order valence-corrected chi connectivity index (χ1v) is 5.57. The van der Waals surface area contributed by atoms with Crippen LogP contribution in [0.25, 0.3) is 0 Å². The number of para-hydroxylation sites is 1. The average Bonchev–Trinajstić information content (AvgIpc) is 2.28. The van der Waals surface area contributed by atoms with Crippen molar-refractivity contribution in [3.05, 3.63) is 30.3 Å². The van der Waals surface area contributed by atoms with Crippen LogP contribution in [0.4, 0.5) is 18.9 Å². The lowest BCUT2D eigenvalue weighted by atomic mass is 10.3. The summed E-state index contributed by atoms with van der Waals surface area (Å²) in [4.78, 5) is 12.6. The molecule has 0 fully saturated rings. The number of hydrogen-bond donors (Lipinski definition) is 2. The zero-order chi connectivity index (χ0) is 14.5. The third-order valence-corrected chi connectivity index (χ3v) is 2.33. The van der Waals surface area contributed by atoms with Crippen LogP contribution in [0.3, 0.4) is 0 Å². The summed E-state index contributed by atoms with van der Waals surface area (Å²) in [5, 5.41) is 11.4. The van der Waals surface area contributed by atoms with Crippen LogP contribution in [0.5, 0.6) is 0 Å². The molecule has 1 aromatic carbocycles. The lowest BCUT2D eigenvalue weighted by Gasteiger charge is -2.21. The number of alkyl halides is 3. The van der Waals surface area contributed by atoms with E-state index in [1.807, 2.05) is 0 Å². The highest BCUT2D eigenvalue weighted by Crippen LogP contribution is 2.20. The number of rotatable bonds is 5. The van der Waals surface area contributed by atoms with Crippen molar-refractivity contribution in [3.8, 4) is 0 Å². The summed E-state index contributed by atoms with van der Waals surface area (Å²) in [5.74, 6) is -0.442. The predicted molar refractivity (Wildman–Crippen MR) is 64.6 cm³/mol. The summed E-state index contributed by atoms with van der Waals surface area (Å²) in [6.07, 6.45) is -7.13. The van der Waals surface area contributed by atoms with Crippen molar-refractivity contribution in [2.45, 2.75) is 12.3 Å². The predicted octanol–water partition coefficient (Wildman–Crippen LogP) is 1.48. The molecule has 0 saturated heterocycles. The Morgan fingerprint density at radius 3 is 2.47 bits per heavy atom. The standard InChI is InChI=1S/C12H15F3N2O2/c1-17(7-10(18)12(13,14)15)8-11(19)16-9-5-3-2-4-6-9/h2-6,10,18H,7-8H2,1H3,(H,16,19). The molecular formula is C12H15F3N2O2. The van der Waals surface area contributed by atoms with Gasteiger partial charge in [0.1, 0.15) is 0 Å². The van der Waals surface area contributed by atoms with Gasteiger partial charge in [-0.05, 0) is 19.2 Å². The van der Waals surface area contributed by atoms with Crippen LogP contribution in [-0.4, -0.2) is 48.3 Å². The minimum Gasteiger partial charge on any atom is -0.382 e. The molecule has 106 valence electrons. The maximum absolute atomic E-state index is 12.1. The molecule has 1 amide bonds. The van der Waals surface area contributed by atoms with Gasteiger partial charge in [0.2, 0.25) is 5.91 Å². The Balaban J connectivity index is 2.40. The van der Waals surface area contributed by atoms with E-state index in [2.05, 4.69) is 5.32 Å². The molecule has 1 unspecified atom stereocenters. The van der Waals surface area contributed by atoms with Gasteiger partial charge in [0.15, 0.2) is 6.10 Å². The van der Waals surface area contributed by atoms with E-state index in [0.717, 1.165) is 4.90 Å². The molecule has 0 saturated carbocycles. The zero-order valence-electron chi connectivity index (χ0n) is 10.3. The highest BCUT2D eigenvalue weighted by atomic mass is 19.4. The first kappa shape index (κ1) is 15.5. The fraction of sp³-hybridized carbons (Fsp3) is 0.417. The molecule has 0 heterocycles. The van der Waals surface area contributed by atoms with Crippen LogP contribution in [0.2, 0.25) is 0 Å². The largest absolute Gasteiger partial charge is 0.415 e. The van der Waals surface area contributed by atoms with E-state index in [-0.39, 0.29) is 6.54 Å². The minimum absolute atomic E-state index is 0.234. The number of likely N-dealkylation sites (N-methyl/N-ethyl adjacent to an activating group) is 1. The Bertz CT molecular complexity index is 409. The van der Waals surface area contributed by atoms with Crippen molar-refractivity contribution in [1.82, 2.24) is 4.90 Å². The maximum Gasteiger partial charge on any atom is 0.415 e. The second-order valence-corrected chi connectivity index (χ2v) is 4.17. The number of carbonyl (C=O) groups excluding carboxylic acids is 1. The number of anilines is 1. The van der Waals surface area contributed by atoms with Gasteiger partial charge in [0.05, 0.1) is 6.54 Å². The van der Waals surface area contributed by atoms with Crippen molar-refractivity contribution in [2.75, 3.05) is 25.5 Å². The van der Waals surface area contributed by atoms with Gasteiger partial charge in [-0.25, -0.2) is 0 Å². The Labute approximate surface area is 108 Å². The topological polar surface area (TPSA) is 52.6 Å². The number of halogens is 3. The summed E-state index contributed by atoms with van der Waals surface area (Å²) in [7, 11) is 1.33. The molecule has 0 aliphatic heterocycles. The number of nitrogens with one attached hydrogen (secondary N) is 1. The highest BCUT2D eigenvalue weighted by molar-refractivity contribution is 5.92. The normalized spacial score (nSPS) is 13.4. The van der Waals surface area contributed by atoms with Crippen LogP contribution in [0, 0.1) is 0 Å². The van der Waals surface area contributed by atoms with E-state index < -0.39 is 24.7 Å². The summed E-state index contributed by atoms with van der Waals surface area (Å²) in [6.45, 7) is -0.881. The first-order chi connectivity index (χ1) is 8.79. The van der Waals surface area contributed by atoms with Crippen molar-refractivity contribution in [2.24, 2.45) is 0 Å². The lowest BCUT2D eigenvalue weighted by Crippen LogP contribution is -2.42. The van der Waals surface area contributed by atoms with Gasteiger partial charge in [0, 0.05) is 12.2 Å². The number of benzene rings is 1. The Morgan fingerprint density at radius 1 is 1.37 bits per heavy atom. The first-order valence-electron chi connectivity index (χ1n) is 5.57. The minimum atomic E-state index is -4.68. The van der Waals surface area contributed by atoms with Crippen LogP contribution in [-0.2, 0) is 4.79 Å². The number of carbonyl (C=O) groups is 1. The van der Waals surface area contributed by atoms with Gasteiger partial charge >= 0.3 is 6.18 Å². The molecule has 7 heteroatoms. The molecule has 1 rings (SSSR count). The summed E-state index contributed by atoms with van der Waals surface area (Å²) < 4.78 is 36.3. The Morgan fingerprint density at radius 2 is 1.95 bits per heavy atom. The number of amides is 1. The van der Waals surface area contributed by atoms with Gasteiger partial charge in [-0.1, -0.05) is 18.2 Å². The van der Waals surface area contributed by atoms with E-state index in [4.69, 9.17) is 5.11 Å². The molecule has 0 bridgehead atoms. The quantitative estimate of drug-likeness (QED) is 0.856. The van der Waals surface area contributed by atoms with Gasteiger partial charge < -0.3 is 10.4 Å². The van der Waals surface area contributed by atoms with Gasteiger partial charge in [-0.15, -0.1) is 0 Å². The second-order valence-electron chi connectivity index (χ2n) is 4.17. The van der Waals surface area contributed by atoms with Crippen LogP contribution in [0.15, 0.2) is 30.3 Å². The van der Waals surface area contributed by atoms with Crippen LogP contribution in [0.1, 0.15) is 0 Å². The SMILES string of the molecule is CN(CC(=O)Nc1ccccc1)CC(O)C(F)(F)F. The van der Waals surface area contributed by atoms with E-state index >= 15 is 0 Å². The van der Waals surface area contributed by atoms with Crippen molar-refractivity contribution in [3.63, 3.8) is 0 Å². The molecule has 4 nitrogen and oxygen atoms in total. The number of aliphatic hydroxyl groups is 1. The summed E-state index contributed by atoms with van der Waals surface area (Å²) in [6, 6.07) is 8.58. The molecule has 1 aromatic rings. The van der Waals surface area contributed by atoms with Crippen molar-refractivity contribution < 1.29 is 23.1 Å². The van der Waals surface area contributed by atoms with Crippen LogP contribution < -0.4 is 5.32 Å². The molecule has 1 atom stereocenters. The Hall–Kier alpha value is -1.60. The molecule has 0 radical (unpaired) electrons. The molecule has 0 aliphatic rings. The molecule has 0 spiro atoms. The van der Waals surface area contributed by atoms with Gasteiger partial charge in [-0.3, -0.25) is 9.69 Å². The summed E-state index contributed by atoms with van der Waals surface area (Å²) in [5.41, 5.74) is 0.567. The summed E-state index contributed by atoms with van der Waals surface area (Å²) >= 11 is 0. The lowest BCUT2D eigenvalue weighted by molar-refractivity contribution is -0.207. The zero-order valence-corrected chi connectivity index (χ0v) is 10.3. The fourth-order valence-electron chi connectivity index (χ4n) is 1.43. The third-order valence-electron chi connectivity index (χ3n) is 2.33. The van der Waals surface area contributed by atoms with Gasteiger partial charge in [-0.2, -0.15) is 13.2 Å². The molecule has 0 aliphatic carbocycles. The molecule has 0 aromatic heterocycles. The highest BCUT2D eigenvalue weighted by Gasteiger charge is 2.38. The fourth-order valence-corrected chi connectivity index (χ4v) is 1.43.